The maximum atomic E-state index is 8.65. The Kier molecular flexibility index (Phi) is 3.44. The Morgan fingerprint density at radius 2 is 2.23 bits per heavy atom. The largest absolute Gasteiger partial charge is 0.329 e. The second-order valence-corrected chi connectivity index (χ2v) is 3.01. The van der Waals surface area contributed by atoms with Gasteiger partial charge in [-0.15, -0.1) is 0 Å². The molecule has 0 saturated heterocycles. The molecule has 3 nitrogen and oxygen atoms in total. The molecule has 1 unspecified atom stereocenters. The first-order chi connectivity index (χ1) is 6.26. The van der Waals surface area contributed by atoms with Crippen molar-refractivity contribution in [3.05, 3.63) is 35.4 Å². The van der Waals surface area contributed by atoms with Crippen molar-refractivity contribution in [3.8, 4) is 6.07 Å². The number of nitrogens with zero attached hydrogens (tertiary/aromatic N) is 1. The average Bonchev–Trinajstić information content (AvgIpc) is 2.18. The molecule has 0 heterocycles. The van der Waals surface area contributed by atoms with Crippen LogP contribution in [0.25, 0.3) is 0 Å². The summed E-state index contributed by atoms with van der Waals surface area (Å²) in [6.07, 6.45) is 0.728. The zero-order valence-electron chi connectivity index (χ0n) is 7.40. The van der Waals surface area contributed by atoms with E-state index in [0.29, 0.717) is 12.1 Å². The van der Waals surface area contributed by atoms with Crippen molar-refractivity contribution in [1.29, 1.82) is 5.26 Å². The summed E-state index contributed by atoms with van der Waals surface area (Å²) >= 11 is 0. The van der Waals surface area contributed by atoms with Crippen LogP contribution in [0.5, 0.6) is 0 Å². The molecule has 0 spiro atoms. The van der Waals surface area contributed by atoms with Crippen LogP contribution in [0.2, 0.25) is 0 Å². The summed E-state index contributed by atoms with van der Waals surface area (Å²) < 4.78 is 0. The normalized spacial score (nSPS) is 12.1. The predicted octanol–water partition coefficient (Wildman–Crippen LogP) is 0.387. The molecule has 1 rings (SSSR count). The minimum Gasteiger partial charge on any atom is -0.329 e. The molecular weight excluding hydrogens is 162 g/mol. The van der Waals surface area contributed by atoms with Gasteiger partial charge in [-0.3, -0.25) is 0 Å². The van der Waals surface area contributed by atoms with Crippen molar-refractivity contribution >= 4 is 0 Å². The third-order valence-corrected chi connectivity index (χ3v) is 1.86. The Labute approximate surface area is 78.0 Å². The number of hydrogen-bond donors (Lipinski definition) is 2. The molecule has 0 fully saturated rings. The third-order valence-electron chi connectivity index (χ3n) is 1.86. The smallest absolute Gasteiger partial charge is 0.0991 e. The molecule has 0 bridgehead atoms. The topological polar surface area (TPSA) is 75.8 Å². The van der Waals surface area contributed by atoms with E-state index in [9.17, 15) is 0 Å². The summed E-state index contributed by atoms with van der Waals surface area (Å²) in [7, 11) is 0. The lowest BCUT2D eigenvalue weighted by atomic mass is 10.0. The van der Waals surface area contributed by atoms with E-state index in [-0.39, 0.29) is 6.04 Å². The standard InChI is InChI=1S/C10H13N3/c11-6-9-3-1-2-8(4-9)5-10(13)7-12/h1-4,10H,5,7,12-13H2. The summed E-state index contributed by atoms with van der Waals surface area (Å²) in [6.45, 7) is 0.469. The summed E-state index contributed by atoms with van der Waals surface area (Å²) in [4.78, 5) is 0. The van der Waals surface area contributed by atoms with Crippen molar-refractivity contribution < 1.29 is 0 Å². The maximum Gasteiger partial charge on any atom is 0.0991 e. The summed E-state index contributed by atoms with van der Waals surface area (Å²) in [5.74, 6) is 0. The highest BCUT2D eigenvalue weighted by atomic mass is 14.7. The molecule has 4 N–H and O–H groups in total. The number of hydrogen-bond acceptors (Lipinski definition) is 3. The second kappa shape index (κ2) is 4.61. The van der Waals surface area contributed by atoms with Gasteiger partial charge in [-0.2, -0.15) is 5.26 Å². The molecule has 0 saturated carbocycles. The van der Waals surface area contributed by atoms with E-state index in [1.54, 1.807) is 6.07 Å². The molecule has 0 aliphatic carbocycles. The molecule has 3 heteroatoms. The van der Waals surface area contributed by atoms with E-state index in [0.717, 1.165) is 12.0 Å². The van der Waals surface area contributed by atoms with E-state index >= 15 is 0 Å². The summed E-state index contributed by atoms with van der Waals surface area (Å²) in [6, 6.07) is 9.50. The predicted molar refractivity (Wildman–Crippen MR) is 51.9 cm³/mol. The molecule has 0 aliphatic rings. The van der Waals surface area contributed by atoms with Crippen LogP contribution in [-0.2, 0) is 6.42 Å². The van der Waals surface area contributed by atoms with Gasteiger partial charge in [-0.25, -0.2) is 0 Å². The Bertz CT molecular complexity index is 314. The Balaban J connectivity index is 2.73. The highest BCUT2D eigenvalue weighted by molar-refractivity contribution is 5.33. The van der Waals surface area contributed by atoms with Gasteiger partial charge in [0.15, 0.2) is 0 Å². The van der Waals surface area contributed by atoms with Gasteiger partial charge in [0.05, 0.1) is 11.6 Å². The lowest BCUT2D eigenvalue weighted by molar-refractivity contribution is 0.678. The molecule has 1 aromatic rings. The fourth-order valence-electron chi connectivity index (χ4n) is 1.15. The van der Waals surface area contributed by atoms with Crippen LogP contribution in [0.3, 0.4) is 0 Å². The quantitative estimate of drug-likeness (QED) is 0.697. The maximum absolute atomic E-state index is 8.65. The molecule has 0 aromatic heterocycles. The fourth-order valence-corrected chi connectivity index (χ4v) is 1.15. The molecule has 68 valence electrons. The van der Waals surface area contributed by atoms with Gasteiger partial charge in [0.1, 0.15) is 0 Å². The van der Waals surface area contributed by atoms with E-state index in [2.05, 4.69) is 6.07 Å². The molecule has 1 atom stereocenters. The SMILES string of the molecule is N#Cc1cccc(CC(N)CN)c1. The van der Waals surface area contributed by atoms with Gasteiger partial charge in [0.2, 0.25) is 0 Å². The van der Waals surface area contributed by atoms with Crippen LogP contribution in [0.1, 0.15) is 11.1 Å². The first-order valence-electron chi connectivity index (χ1n) is 4.21. The first kappa shape index (κ1) is 9.72. The third kappa shape index (κ3) is 2.86. The molecular formula is C10H13N3. The van der Waals surface area contributed by atoms with Crippen molar-refractivity contribution in [3.63, 3.8) is 0 Å². The van der Waals surface area contributed by atoms with Gasteiger partial charge in [0, 0.05) is 12.6 Å². The van der Waals surface area contributed by atoms with Gasteiger partial charge in [-0.05, 0) is 24.1 Å². The Morgan fingerprint density at radius 3 is 2.85 bits per heavy atom. The molecule has 13 heavy (non-hydrogen) atoms. The van der Waals surface area contributed by atoms with Crippen LogP contribution in [0.15, 0.2) is 24.3 Å². The number of benzene rings is 1. The lowest BCUT2D eigenvalue weighted by Crippen LogP contribution is -2.31. The monoisotopic (exact) mass is 175 g/mol. The summed E-state index contributed by atoms with van der Waals surface area (Å²) in [5.41, 5.74) is 12.8. The average molecular weight is 175 g/mol. The van der Waals surface area contributed by atoms with E-state index in [1.807, 2.05) is 18.2 Å². The Hall–Kier alpha value is -1.37. The first-order valence-corrected chi connectivity index (χ1v) is 4.21. The van der Waals surface area contributed by atoms with Crippen molar-refractivity contribution in [2.45, 2.75) is 12.5 Å². The fraction of sp³-hybridized carbons (Fsp3) is 0.300. The van der Waals surface area contributed by atoms with E-state index < -0.39 is 0 Å². The van der Waals surface area contributed by atoms with Gasteiger partial charge < -0.3 is 11.5 Å². The van der Waals surface area contributed by atoms with Crippen molar-refractivity contribution in [2.75, 3.05) is 6.54 Å². The molecule has 1 aromatic carbocycles. The van der Waals surface area contributed by atoms with Crippen LogP contribution in [-0.4, -0.2) is 12.6 Å². The van der Waals surface area contributed by atoms with Gasteiger partial charge in [0.25, 0.3) is 0 Å². The van der Waals surface area contributed by atoms with Crippen LogP contribution in [0.4, 0.5) is 0 Å². The van der Waals surface area contributed by atoms with Gasteiger partial charge in [-0.1, -0.05) is 12.1 Å². The van der Waals surface area contributed by atoms with E-state index in [1.165, 1.54) is 0 Å². The minimum absolute atomic E-state index is 0.0195. The van der Waals surface area contributed by atoms with Crippen molar-refractivity contribution in [2.24, 2.45) is 11.5 Å². The highest BCUT2D eigenvalue weighted by Gasteiger charge is 2.01. The molecule has 0 radical (unpaired) electrons. The van der Waals surface area contributed by atoms with Gasteiger partial charge >= 0.3 is 0 Å². The number of rotatable bonds is 3. The molecule has 0 aliphatic heterocycles. The van der Waals surface area contributed by atoms with Crippen molar-refractivity contribution in [1.82, 2.24) is 0 Å². The Morgan fingerprint density at radius 1 is 1.46 bits per heavy atom. The zero-order chi connectivity index (χ0) is 9.68. The number of nitrogens with two attached hydrogens (primary N) is 2. The van der Waals surface area contributed by atoms with Crippen LogP contribution in [0, 0.1) is 11.3 Å². The number of nitriles is 1. The summed E-state index contributed by atoms with van der Waals surface area (Å²) in [5, 5.41) is 8.65. The zero-order valence-corrected chi connectivity index (χ0v) is 7.40. The highest BCUT2D eigenvalue weighted by Crippen LogP contribution is 2.05. The van der Waals surface area contributed by atoms with E-state index in [4.69, 9.17) is 16.7 Å². The second-order valence-electron chi connectivity index (χ2n) is 3.01. The van der Waals surface area contributed by atoms with Crippen LogP contribution >= 0.6 is 0 Å². The minimum atomic E-state index is -0.0195. The lowest BCUT2D eigenvalue weighted by Gasteiger charge is -2.07. The molecule has 0 amide bonds. The van der Waals surface area contributed by atoms with Crippen LogP contribution < -0.4 is 11.5 Å².